The summed E-state index contributed by atoms with van der Waals surface area (Å²) < 4.78 is 2.16. The number of aromatic hydroxyl groups is 1. The van der Waals surface area contributed by atoms with Crippen molar-refractivity contribution < 1.29 is 24.9 Å². The Labute approximate surface area is 244 Å². The minimum absolute atomic E-state index is 0.0688. The van der Waals surface area contributed by atoms with Crippen molar-refractivity contribution in [3.05, 3.63) is 34.9 Å². The van der Waals surface area contributed by atoms with Gasteiger partial charge in [0.15, 0.2) is 34.6 Å². The number of anilines is 2. The summed E-state index contributed by atoms with van der Waals surface area (Å²) in [6, 6.07) is -0.721. The number of aromatic nitrogens is 11. The number of nitrogen functional groups attached to an aromatic ring is 2. The van der Waals surface area contributed by atoms with E-state index in [2.05, 4.69) is 66.0 Å². The van der Waals surface area contributed by atoms with E-state index in [-0.39, 0.29) is 63.4 Å². The van der Waals surface area contributed by atoms with Crippen LogP contribution in [0.3, 0.4) is 0 Å². The van der Waals surface area contributed by atoms with E-state index in [0.717, 1.165) is 28.2 Å². The first-order chi connectivity index (χ1) is 21.1. The van der Waals surface area contributed by atoms with Gasteiger partial charge in [0.05, 0.1) is 23.8 Å². The summed E-state index contributed by atoms with van der Waals surface area (Å²) in [5, 5.41) is 65.8. The van der Waals surface area contributed by atoms with Crippen LogP contribution >= 0.6 is 0 Å². The molecule has 0 aromatic carbocycles. The molecule has 226 valence electrons. The highest BCUT2D eigenvalue weighted by Gasteiger charge is 2.23. The minimum atomic E-state index is -1.26. The van der Waals surface area contributed by atoms with Gasteiger partial charge in [-0.1, -0.05) is 13.3 Å². The van der Waals surface area contributed by atoms with Crippen LogP contribution in [0.15, 0.2) is 32.9 Å². The van der Waals surface area contributed by atoms with E-state index in [1.165, 1.54) is 0 Å². The lowest BCUT2D eigenvalue weighted by atomic mass is 10.2. The Hall–Kier alpha value is -6.61. The third kappa shape index (κ3) is 5.48. The number of unbranched alkanes of at least 4 members (excludes halogenated alkanes) is 1. The van der Waals surface area contributed by atoms with Crippen molar-refractivity contribution >= 4 is 46.6 Å². The van der Waals surface area contributed by atoms with Crippen LogP contribution in [0.25, 0.3) is 11.9 Å². The molecule has 0 fully saturated rings. The Morgan fingerprint density at radius 1 is 0.841 bits per heavy atom. The van der Waals surface area contributed by atoms with Crippen LogP contribution in [-0.2, 0) is 6.42 Å². The average Bonchev–Trinajstić information content (AvgIpc) is 3.76. The summed E-state index contributed by atoms with van der Waals surface area (Å²) in [7, 11) is 0. The molecule has 5 aromatic rings. The molecule has 0 bridgehead atoms. The molecule has 0 aliphatic rings. The monoisotopic (exact) mass is 605 g/mol. The van der Waals surface area contributed by atoms with E-state index in [1.54, 1.807) is 6.92 Å². The van der Waals surface area contributed by atoms with Crippen molar-refractivity contribution in [1.82, 2.24) is 54.9 Å². The van der Waals surface area contributed by atoms with E-state index < -0.39 is 17.9 Å². The molecule has 9 N–H and O–H groups in total. The number of carbonyl (C=O) groups is 2. The first-order valence-corrected chi connectivity index (χ1v) is 12.6. The first-order valence-electron chi connectivity index (χ1n) is 12.6. The van der Waals surface area contributed by atoms with Crippen molar-refractivity contribution in [1.29, 1.82) is 0 Å². The molecule has 5 heterocycles. The van der Waals surface area contributed by atoms with Gasteiger partial charge in [0, 0.05) is 0 Å². The number of carboxylic acid groups (broad SMARTS) is 2. The summed E-state index contributed by atoms with van der Waals surface area (Å²) in [6.07, 6.45) is 4.14. The van der Waals surface area contributed by atoms with Gasteiger partial charge in [0.2, 0.25) is 0 Å². The van der Waals surface area contributed by atoms with Gasteiger partial charge in [-0.15, -0.1) is 20.5 Å². The smallest absolute Gasteiger partial charge is 0.341 e. The lowest BCUT2D eigenvalue weighted by Crippen LogP contribution is -2.13. The number of aryl methyl sites for hydroxylation is 2. The average molecular weight is 606 g/mol. The van der Waals surface area contributed by atoms with E-state index in [4.69, 9.17) is 11.5 Å². The molecule has 5 aromatic heterocycles. The lowest BCUT2D eigenvalue weighted by molar-refractivity contribution is 0.0687. The molecule has 0 unspecified atom stereocenters. The number of nitrogens with one attached hydrogen (secondary N) is 2. The van der Waals surface area contributed by atoms with Crippen molar-refractivity contribution in [2.24, 2.45) is 20.5 Å². The molecular formula is C22H23N17O5. The topological polar surface area (TPSA) is 328 Å². The number of hydrogen-bond acceptors (Lipinski definition) is 16. The number of rotatable bonds is 11. The fourth-order valence-corrected chi connectivity index (χ4v) is 3.81. The van der Waals surface area contributed by atoms with Crippen molar-refractivity contribution in [2.45, 2.75) is 33.1 Å². The predicted molar refractivity (Wildman–Crippen MR) is 147 cm³/mol. The van der Waals surface area contributed by atoms with E-state index >= 15 is 0 Å². The lowest BCUT2D eigenvalue weighted by Gasteiger charge is -2.06. The maximum atomic E-state index is 11.4. The molecule has 0 amide bonds. The number of azo groups is 2. The van der Waals surface area contributed by atoms with E-state index in [0.29, 0.717) is 18.5 Å². The number of hydrogen-bond donors (Lipinski definition) is 7. The zero-order valence-corrected chi connectivity index (χ0v) is 22.9. The van der Waals surface area contributed by atoms with Crippen LogP contribution in [0, 0.1) is 6.92 Å². The molecule has 22 nitrogen and oxygen atoms in total. The summed E-state index contributed by atoms with van der Waals surface area (Å²) in [4.78, 5) is 34.9. The Bertz CT molecular complexity index is 1930. The fraction of sp³-hybridized carbons (Fsp3) is 0.227. The van der Waals surface area contributed by atoms with Crippen LogP contribution in [0.1, 0.15) is 51.9 Å². The molecule has 22 heteroatoms. The number of nitrogens with zero attached hydrogens (tertiary/aromatic N) is 13. The SMILES string of the molecule is CCCCc1nn(-c2nc(O)nc(-n3nc(C)c(/N=N/c4[nH]ncc4C(=O)O)c3N)n2)c(N)c1/N=N/c1[nH]ncc1C(=O)O. The molecule has 0 spiro atoms. The van der Waals surface area contributed by atoms with E-state index in [9.17, 15) is 24.9 Å². The number of aromatic carboxylic acids is 2. The Kier molecular flexibility index (Phi) is 7.69. The summed E-state index contributed by atoms with van der Waals surface area (Å²) in [6.45, 7) is 3.54. The summed E-state index contributed by atoms with van der Waals surface area (Å²) >= 11 is 0. The summed E-state index contributed by atoms with van der Waals surface area (Å²) in [5.41, 5.74) is 13.1. The molecule has 44 heavy (non-hydrogen) atoms. The molecule has 0 radical (unpaired) electrons. The third-order valence-corrected chi connectivity index (χ3v) is 5.97. The molecule has 0 saturated heterocycles. The highest BCUT2D eigenvalue weighted by atomic mass is 16.4. The summed E-state index contributed by atoms with van der Waals surface area (Å²) in [5.74, 6) is -3.35. The number of carboxylic acids is 2. The Morgan fingerprint density at radius 3 is 1.91 bits per heavy atom. The Balaban J connectivity index is 1.54. The molecule has 0 aliphatic carbocycles. The fourth-order valence-electron chi connectivity index (χ4n) is 3.81. The van der Waals surface area contributed by atoms with Crippen LogP contribution < -0.4 is 11.5 Å². The molecule has 5 rings (SSSR count). The van der Waals surface area contributed by atoms with Crippen molar-refractivity contribution in [3.63, 3.8) is 0 Å². The zero-order chi connectivity index (χ0) is 31.5. The molecule has 0 aliphatic heterocycles. The van der Waals surface area contributed by atoms with Crippen LogP contribution in [-0.4, -0.2) is 82.2 Å². The highest BCUT2D eigenvalue weighted by molar-refractivity contribution is 5.92. The standard InChI is InChI=1S/C22H23N17O5/c1-3-4-5-11-13(31-35-17-10(19(42)43)7-26-33-17)15(24)39(37-11)21-27-20(28-22(44)29-21)38-14(23)12(8(2)36-38)30-34-16-9(18(40)41)6-25-32-16/h6-7H,3-5,23-24H2,1-2H3,(H,25,32)(H,26,33)(H,40,41)(H,42,43)(H,27,28,29,44)/b34-30+,35-31+. The van der Waals surface area contributed by atoms with Crippen LogP contribution in [0.2, 0.25) is 0 Å². The van der Waals surface area contributed by atoms with E-state index in [1.807, 2.05) is 6.92 Å². The van der Waals surface area contributed by atoms with Gasteiger partial charge in [-0.3, -0.25) is 10.2 Å². The highest BCUT2D eigenvalue weighted by Crippen LogP contribution is 2.33. The van der Waals surface area contributed by atoms with Gasteiger partial charge in [0.25, 0.3) is 11.9 Å². The third-order valence-electron chi connectivity index (χ3n) is 5.97. The number of H-pyrrole nitrogens is 2. The number of aromatic amines is 2. The van der Waals surface area contributed by atoms with Gasteiger partial charge < -0.3 is 26.8 Å². The maximum Gasteiger partial charge on any atom is 0.341 e. The van der Waals surface area contributed by atoms with Gasteiger partial charge in [-0.2, -0.15) is 44.7 Å². The van der Waals surface area contributed by atoms with Gasteiger partial charge in [-0.05, 0) is 19.8 Å². The van der Waals surface area contributed by atoms with Gasteiger partial charge in [0.1, 0.15) is 11.1 Å². The predicted octanol–water partition coefficient (Wildman–Crippen LogP) is 2.44. The second-order valence-electron chi connectivity index (χ2n) is 8.94. The van der Waals surface area contributed by atoms with Gasteiger partial charge in [-0.25, -0.2) is 9.59 Å². The minimum Gasteiger partial charge on any atom is -0.479 e. The number of nitrogens with two attached hydrogens (primary N) is 2. The van der Waals surface area contributed by atoms with Crippen molar-refractivity contribution in [2.75, 3.05) is 11.5 Å². The normalized spacial score (nSPS) is 11.7. The largest absolute Gasteiger partial charge is 0.479 e. The van der Waals surface area contributed by atoms with Crippen molar-refractivity contribution in [3.8, 4) is 17.9 Å². The van der Waals surface area contributed by atoms with Crippen LogP contribution in [0.5, 0.6) is 6.01 Å². The van der Waals surface area contributed by atoms with Gasteiger partial charge >= 0.3 is 17.9 Å². The molecular weight excluding hydrogens is 582 g/mol. The zero-order valence-electron chi connectivity index (χ0n) is 22.9. The molecule has 0 saturated carbocycles. The maximum absolute atomic E-state index is 11.4. The first kappa shape index (κ1) is 28.9. The second kappa shape index (κ2) is 11.7. The van der Waals surface area contributed by atoms with Crippen LogP contribution in [0.4, 0.5) is 34.6 Å². The Morgan fingerprint density at radius 2 is 1.36 bits per heavy atom. The molecule has 0 atom stereocenters. The second-order valence-corrected chi connectivity index (χ2v) is 8.94. The quantitative estimate of drug-likeness (QED) is 0.106.